The molecule has 1 saturated heterocycles. The Morgan fingerprint density at radius 1 is 1.18 bits per heavy atom. The molecule has 1 aliphatic heterocycles. The minimum Gasteiger partial charge on any atom is -0.317 e. The molecule has 3 unspecified atom stereocenters. The van der Waals surface area contributed by atoms with E-state index in [0.717, 1.165) is 11.8 Å². The summed E-state index contributed by atoms with van der Waals surface area (Å²) in [7, 11) is 2.07. The van der Waals surface area contributed by atoms with Crippen LogP contribution in [0.25, 0.3) is 0 Å². The van der Waals surface area contributed by atoms with Crippen molar-refractivity contribution < 1.29 is 0 Å². The van der Waals surface area contributed by atoms with Crippen molar-refractivity contribution in [2.24, 2.45) is 11.8 Å². The molecule has 0 amide bonds. The second kappa shape index (κ2) is 6.75. The van der Waals surface area contributed by atoms with Gasteiger partial charge in [-0.25, -0.2) is 0 Å². The molecule has 1 aliphatic carbocycles. The van der Waals surface area contributed by atoms with E-state index in [1.165, 1.54) is 64.6 Å². The Balaban J connectivity index is 1.65. The summed E-state index contributed by atoms with van der Waals surface area (Å²) in [6.45, 7) is 6.39. The second-order valence-electron chi connectivity index (χ2n) is 6.23. The van der Waals surface area contributed by atoms with E-state index in [9.17, 15) is 0 Å². The Morgan fingerprint density at radius 2 is 1.94 bits per heavy atom. The maximum Gasteiger partial charge on any atom is 0.00362 e. The van der Waals surface area contributed by atoms with E-state index in [1.807, 2.05) is 0 Å². The molecule has 0 radical (unpaired) electrons. The van der Waals surface area contributed by atoms with Crippen LogP contribution in [0.15, 0.2) is 0 Å². The lowest BCUT2D eigenvalue weighted by Gasteiger charge is -2.41. The van der Waals surface area contributed by atoms with Gasteiger partial charge in [-0.05, 0) is 64.6 Å². The van der Waals surface area contributed by atoms with Gasteiger partial charge in [0, 0.05) is 12.6 Å². The first-order chi connectivity index (χ1) is 8.29. The van der Waals surface area contributed by atoms with Crippen LogP contribution in [0, 0.1) is 11.8 Å². The third-order valence-corrected chi connectivity index (χ3v) is 4.98. The number of piperidine rings is 1. The van der Waals surface area contributed by atoms with E-state index in [1.54, 1.807) is 0 Å². The molecule has 2 heteroatoms. The standard InChI is InChI=1S/C15H30N2/c1-13(16-2)6-5-10-17-11-9-14-7-3-4-8-15(14)12-17/h13-16H,3-12H2,1-2H3. The fourth-order valence-corrected chi connectivity index (χ4v) is 3.64. The highest BCUT2D eigenvalue weighted by atomic mass is 15.1. The van der Waals surface area contributed by atoms with Crippen molar-refractivity contribution in [1.82, 2.24) is 10.2 Å². The zero-order chi connectivity index (χ0) is 12.1. The van der Waals surface area contributed by atoms with Crippen molar-refractivity contribution in [3.63, 3.8) is 0 Å². The monoisotopic (exact) mass is 238 g/mol. The summed E-state index contributed by atoms with van der Waals surface area (Å²) in [4.78, 5) is 2.73. The molecule has 100 valence electrons. The summed E-state index contributed by atoms with van der Waals surface area (Å²) in [5.41, 5.74) is 0. The van der Waals surface area contributed by atoms with Crippen LogP contribution in [0.2, 0.25) is 0 Å². The number of hydrogen-bond donors (Lipinski definition) is 1. The van der Waals surface area contributed by atoms with E-state index in [4.69, 9.17) is 0 Å². The first kappa shape index (κ1) is 13.4. The fraction of sp³-hybridized carbons (Fsp3) is 1.00. The SMILES string of the molecule is CNC(C)CCCN1CCC2CCCCC2C1. The Kier molecular flexibility index (Phi) is 5.30. The molecule has 0 aromatic heterocycles. The van der Waals surface area contributed by atoms with Gasteiger partial charge in [-0.2, -0.15) is 0 Å². The number of nitrogens with one attached hydrogen (secondary N) is 1. The molecule has 3 atom stereocenters. The van der Waals surface area contributed by atoms with Crippen molar-refractivity contribution in [3.05, 3.63) is 0 Å². The minimum absolute atomic E-state index is 0.683. The number of nitrogens with zero attached hydrogens (tertiary/aromatic N) is 1. The van der Waals surface area contributed by atoms with Gasteiger partial charge in [0.1, 0.15) is 0 Å². The summed E-state index contributed by atoms with van der Waals surface area (Å²) in [5.74, 6) is 2.12. The molecule has 1 heterocycles. The molecule has 0 aromatic rings. The molecule has 0 bridgehead atoms. The molecule has 1 saturated carbocycles. The van der Waals surface area contributed by atoms with E-state index in [2.05, 4.69) is 24.2 Å². The average molecular weight is 238 g/mol. The zero-order valence-corrected chi connectivity index (χ0v) is 11.8. The van der Waals surface area contributed by atoms with Gasteiger partial charge in [-0.3, -0.25) is 0 Å². The predicted octanol–water partition coefficient (Wildman–Crippen LogP) is 2.89. The zero-order valence-electron chi connectivity index (χ0n) is 11.8. The van der Waals surface area contributed by atoms with Gasteiger partial charge < -0.3 is 10.2 Å². The number of hydrogen-bond acceptors (Lipinski definition) is 2. The highest BCUT2D eigenvalue weighted by Crippen LogP contribution is 2.35. The first-order valence-electron chi connectivity index (χ1n) is 7.69. The van der Waals surface area contributed by atoms with Gasteiger partial charge in [0.2, 0.25) is 0 Å². The lowest BCUT2D eigenvalue weighted by molar-refractivity contribution is 0.0853. The lowest BCUT2D eigenvalue weighted by Crippen LogP contribution is -2.42. The van der Waals surface area contributed by atoms with Gasteiger partial charge in [0.25, 0.3) is 0 Å². The molecule has 0 spiro atoms. The molecule has 0 aromatic carbocycles. The summed E-state index contributed by atoms with van der Waals surface area (Å²) < 4.78 is 0. The Labute approximate surface area is 107 Å². The Morgan fingerprint density at radius 3 is 2.71 bits per heavy atom. The van der Waals surface area contributed by atoms with Crippen LogP contribution in [0.4, 0.5) is 0 Å². The molecule has 2 aliphatic rings. The van der Waals surface area contributed by atoms with Gasteiger partial charge in [0.05, 0.1) is 0 Å². The van der Waals surface area contributed by atoms with Gasteiger partial charge in [-0.15, -0.1) is 0 Å². The lowest BCUT2D eigenvalue weighted by atomic mass is 9.75. The molecule has 2 nitrogen and oxygen atoms in total. The van der Waals surface area contributed by atoms with E-state index in [0.29, 0.717) is 6.04 Å². The summed E-state index contributed by atoms with van der Waals surface area (Å²) >= 11 is 0. The van der Waals surface area contributed by atoms with Gasteiger partial charge in [-0.1, -0.05) is 19.3 Å². The Bertz CT molecular complexity index is 217. The van der Waals surface area contributed by atoms with Crippen LogP contribution >= 0.6 is 0 Å². The second-order valence-corrected chi connectivity index (χ2v) is 6.23. The smallest absolute Gasteiger partial charge is 0.00362 e. The predicted molar refractivity (Wildman–Crippen MR) is 74.3 cm³/mol. The highest BCUT2D eigenvalue weighted by molar-refractivity contribution is 4.83. The van der Waals surface area contributed by atoms with Crippen molar-refractivity contribution in [1.29, 1.82) is 0 Å². The van der Waals surface area contributed by atoms with E-state index >= 15 is 0 Å². The van der Waals surface area contributed by atoms with E-state index < -0.39 is 0 Å². The maximum atomic E-state index is 3.33. The van der Waals surface area contributed by atoms with Crippen LogP contribution < -0.4 is 5.32 Å². The molecule has 2 rings (SSSR count). The quantitative estimate of drug-likeness (QED) is 0.792. The summed E-state index contributed by atoms with van der Waals surface area (Å²) in [5, 5.41) is 3.33. The molecule has 17 heavy (non-hydrogen) atoms. The number of fused-ring (bicyclic) bond motifs is 1. The first-order valence-corrected chi connectivity index (χ1v) is 7.69. The van der Waals surface area contributed by atoms with Gasteiger partial charge in [0.15, 0.2) is 0 Å². The largest absolute Gasteiger partial charge is 0.317 e. The Hall–Kier alpha value is -0.0800. The fourth-order valence-electron chi connectivity index (χ4n) is 3.64. The van der Waals surface area contributed by atoms with Crippen molar-refractivity contribution in [2.75, 3.05) is 26.7 Å². The average Bonchev–Trinajstić information content (AvgIpc) is 2.38. The molecular weight excluding hydrogens is 208 g/mol. The number of likely N-dealkylation sites (tertiary alicyclic amines) is 1. The molecular formula is C15H30N2. The van der Waals surface area contributed by atoms with Crippen LogP contribution in [0.3, 0.4) is 0 Å². The summed E-state index contributed by atoms with van der Waals surface area (Å²) in [6.07, 6.45) is 10.2. The van der Waals surface area contributed by atoms with Crippen molar-refractivity contribution >= 4 is 0 Å². The normalized spacial score (nSPS) is 32.1. The highest BCUT2D eigenvalue weighted by Gasteiger charge is 2.30. The molecule has 2 fully saturated rings. The number of rotatable bonds is 5. The molecule has 1 N–H and O–H groups in total. The van der Waals surface area contributed by atoms with Crippen LogP contribution in [0.1, 0.15) is 51.9 Å². The summed E-state index contributed by atoms with van der Waals surface area (Å²) in [6, 6.07) is 0.683. The third kappa shape index (κ3) is 3.96. The van der Waals surface area contributed by atoms with Crippen molar-refractivity contribution in [3.8, 4) is 0 Å². The van der Waals surface area contributed by atoms with Gasteiger partial charge >= 0.3 is 0 Å². The van der Waals surface area contributed by atoms with Crippen LogP contribution in [0.5, 0.6) is 0 Å². The topological polar surface area (TPSA) is 15.3 Å². The van der Waals surface area contributed by atoms with Crippen LogP contribution in [-0.2, 0) is 0 Å². The van der Waals surface area contributed by atoms with Crippen LogP contribution in [-0.4, -0.2) is 37.6 Å². The maximum absolute atomic E-state index is 3.33. The third-order valence-electron chi connectivity index (χ3n) is 4.98. The minimum atomic E-state index is 0.683. The van der Waals surface area contributed by atoms with Crippen molar-refractivity contribution in [2.45, 2.75) is 57.9 Å². The van der Waals surface area contributed by atoms with E-state index in [-0.39, 0.29) is 0 Å².